The second-order valence-corrected chi connectivity index (χ2v) is 6.00. The summed E-state index contributed by atoms with van der Waals surface area (Å²) < 4.78 is 0. The van der Waals surface area contributed by atoms with Gasteiger partial charge in [-0.1, -0.05) is 18.5 Å². The van der Waals surface area contributed by atoms with E-state index in [-0.39, 0.29) is 0 Å². The first-order valence-electron chi connectivity index (χ1n) is 5.90. The van der Waals surface area contributed by atoms with Crippen molar-refractivity contribution >= 4 is 28.6 Å². The van der Waals surface area contributed by atoms with Crippen molar-refractivity contribution in [2.45, 2.75) is 25.8 Å². The van der Waals surface area contributed by atoms with Crippen LogP contribution < -0.4 is 5.32 Å². The Balaban J connectivity index is 1.86. The van der Waals surface area contributed by atoms with E-state index in [9.17, 15) is 0 Å². The highest BCUT2D eigenvalue weighted by Gasteiger charge is 2.23. The number of hydrogen-bond donors (Lipinski definition) is 1. The van der Waals surface area contributed by atoms with Crippen molar-refractivity contribution in [1.82, 2.24) is 0 Å². The van der Waals surface area contributed by atoms with Crippen LogP contribution in [-0.4, -0.2) is 0 Å². The molecule has 0 radical (unpaired) electrons. The summed E-state index contributed by atoms with van der Waals surface area (Å²) in [5.74, 6) is 0. The molecular formula is C14H14ClNS. The number of benzene rings is 1. The van der Waals surface area contributed by atoms with Crippen LogP contribution in [0.15, 0.2) is 30.3 Å². The van der Waals surface area contributed by atoms with Crippen LogP contribution >= 0.6 is 22.9 Å². The van der Waals surface area contributed by atoms with E-state index in [0.29, 0.717) is 6.04 Å². The van der Waals surface area contributed by atoms with Gasteiger partial charge in [0.2, 0.25) is 0 Å². The van der Waals surface area contributed by atoms with Crippen molar-refractivity contribution in [2.24, 2.45) is 0 Å². The van der Waals surface area contributed by atoms with Gasteiger partial charge in [0.1, 0.15) is 0 Å². The molecule has 0 fully saturated rings. The number of rotatable bonds is 2. The van der Waals surface area contributed by atoms with Crippen LogP contribution in [0.1, 0.15) is 28.3 Å². The first-order chi connectivity index (χ1) is 8.26. The molecule has 3 heteroatoms. The van der Waals surface area contributed by atoms with E-state index in [1.165, 1.54) is 21.0 Å². The first-order valence-corrected chi connectivity index (χ1v) is 7.09. The van der Waals surface area contributed by atoms with E-state index in [0.717, 1.165) is 17.9 Å². The lowest BCUT2D eigenvalue weighted by Crippen LogP contribution is -2.02. The van der Waals surface area contributed by atoms with E-state index in [4.69, 9.17) is 11.6 Å². The van der Waals surface area contributed by atoms with E-state index in [1.807, 2.05) is 17.4 Å². The molecule has 1 atom stereocenters. The number of thiophene rings is 1. The molecule has 0 amide bonds. The number of aryl methyl sites for hydroxylation is 1. The summed E-state index contributed by atoms with van der Waals surface area (Å²) in [6.07, 6.45) is 2.16. The molecule has 1 nitrogen and oxygen atoms in total. The van der Waals surface area contributed by atoms with Crippen molar-refractivity contribution in [3.63, 3.8) is 0 Å². The van der Waals surface area contributed by atoms with E-state index >= 15 is 0 Å². The van der Waals surface area contributed by atoms with Gasteiger partial charge in [0.05, 0.1) is 6.04 Å². The van der Waals surface area contributed by atoms with Crippen LogP contribution in [0.25, 0.3) is 0 Å². The largest absolute Gasteiger partial charge is 0.377 e. The highest BCUT2D eigenvalue weighted by Crippen LogP contribution is 2.37. The number of halogens is 1. The quantitative estimate of drug-likeness (QED) is 0.830. The molecule has 2 heterocycles. The minimum Gasteiger partial charge on any atom is -0.377 e. The Hall–Kier alpha value is -0.990. The third-order valence-corrected chi connectivity index (χ3v) is 4.77. The molecule has 3 rings (SSSR count). The van der Waals surface area contributed by atoms with Gasteiger partial charge < -0.3 is 5.32 Å². The molecule has 17 heavy (non-hydrogen) atoms. The summed E-state index contributed by atoms with van der Waals surface area (Å²) in [6, 6.07) is 11.0. The van der Waals surface area contributed by atoms with Crippen LogP contribution in [0.3, 0.4) is 0 Å². The lowest BCUT2D eigenvalue weighted by molar-refractivity contribution is 0.843. The SMILES string of the molecule is CCc1ccc(C2Cc3cc(Cl)ccc3N2)s1. The van der Waals surface area contributed by atoms with Gasteiger partial charge in [0, 0.05) is 20.5 Å². The molecule has 0 saturated heterocycles. The van der Waals surface area contributed by atoms with E-state index < -0.39 is 0 Å². The predicted octanol–water partition coefficient (Wildman–Crippen LogP) is 4.67. The van der Waals surface area contributed by atoms with Crippen LogP contribution in [0.4, 0.5) is 5.69 Å². The van der Waals surface area contributed by atoms with Crippen LogP contribution in [0, 0.1) is 0 Å². The minimum absolute atomic E-state index is 0.425. The van der Waals surface area contributed by atoms with Gasteiger partial charge in [0.15, 0.2) is 0 Å². The second-order valence-electron chi connectivity index (χ2n) is 4.36. The van der Waals surface area contributed by atoms with Gasteiger partial charge in [0.25, 0.3) is 0 Å². The molecule has 2 aromatic rings. The van der Waals surface area contributed by atoms with Gasteiger partial charge in [-0.15, -0.1) is 11.3 Å². The lowest BCUT2D eigenvalue weighted by atomic mass is 10.1. The molecule has 0 aliphatic carbocycles. The zero-order valence-corrected chi connectivity index (χ0v) is 11.2. The minimum atomic E-state index is 0.425. The third kappa shape index (κ3) is 2.07. The zero-order chi connectivity index (χ0) is 11.8. The fourth-order valence-electron chi connectivity index (χ4n) is 2.27. The fraction of sp³-hybridized carbons (Fsp3) is 0.286. The smallest absolute Gasteiger partial charge is 0.0647 e. The number of nitrogens with one attached hydrogen (secondary N) is 1. The summed E-state index contributed by atoms with van der Waals surface area (Å²) in [7, 11) is 0. The van der Waals surface area contributed by atoms with Gasteiger partial charge in [-0.3, -0.25) is 0 Å². The molecule has 0 saturated carbocycles. The summed E-state index contributed by atoms with van der Waals surface area (Å²) in [4.78, 5) is 2.88. The summed E-state index contributed by atoms with van der Waals surface area (Å²) in [6.45, 7) is 2.20. The topological polar surface area (TPSA) is 12.0 Å². The van der Waals surface area contributed by atoms with Crippen molar-refractivity contribution < 1.29 is 0 Å². The summed E-state index contributed by atoms with van der Waals surface area (Å²) >= 11 is 7.93. The third-order valence-electron chi connectivity index (χ3n) is 3.20. The van der Waals surface area contributed by atoms with Crippen LogP contribution in [0.5, 0.6) is 0 Å². The average Bonchev–Trinajstić information content (AvgIpc) is 2.93. The van der Waals surface area contributed by atoms with Gasteiger partial charge in [-0.05, 0) is 48.7 Å². The van der Waals surface area contributed by atoms with Gasteiger partial charge in [-0.25, -0.2) is 0 Å². The average molecular weight is 264 g/mol. The normalized spacial score (nSPS) is 17.9. The Labute approximate surface area is 110 Å². The molecule has 1 unspecified atom stereocenters. The van der Waals surface area contributed by atoms with E-state index in [1.54, 1.807) is 0 Å². The van der Waals surface area contributed by atoms with Gasteiger partial charge >= 0.3 is 0 Å². The maximum absolute atomic E-state index is 6.02. The Morgan fingerprint density at radius 2 is 2.24 bits per heavy atom. The monoisotopic (exact) mass is 263 g/mol. The number of anilines is 1. The zero-order valence-electron chi connectivity index (χ0n) is 9.66. The maximum Gasteiger partial charge on any atom is 0.0647 e. The Morgan fingerprint density at radius 1 is 1.35 bits per heavy atom. The van der Waals surface area contributed by atoms with Crippen molar-refractivity contribution in [2.75, 3.05) is 5.32 Å². The molecule has 1 aliphatic rings. The van der Waals surface area contributed by atoms with Crippen molar-refractivity contribution in [3.8, 4) is 0 Å². The molecule has 1 N–H and O–H groups in total. The highest BCUT2D eigenvalue weighted by atomic mass is 35.5. The number of hydrogen-bond acceptors (Lipinski definition) is 2. The van der Waals surface area contributed by atoms with E-state index in [2.05, 4.69) is 36.5 Å². The highest BCUT2D eigenvalue weighted by molar-refractivity contribution is 7.12. The molecule has 88 valence electrons. The standard InChI is InChI=1S/C14H14ClNS/c1-2-11-4-6-14(17-11)13-8-9-7-10(15)3-5-12(9)16-13/h3-7,13,16H,2,8H2,1H3. The fourth-order valence-corrected chi connectivity index (χ4v) is 3.47. The maximum atomic E-state index is 6.02. The molecule has 0 spiro atoms. The Morgan fingerprint density at radius 3 is 3.00 bits per heavy atom. The molecule has 1 aromatic heterocycles. The Kier molecular flexibility index (Phi) is 2.85. The molecule has 0 bridgehead atoms. The van der Waals surface area contributed by atoms with Crippen LogP contribution in [0.2, 0.25) is 5.02 Å². The molecule has 1 aromatic carbocycles. The predicted molar refractivity (Wildman–Crippen MR) is 75.2 cm³/mol. The van der Waals surface area contributed by atoms with Gasteiger partial charge in [-0.2, -0.15) is 0 Å². The Bertz CT molecular complexity index is 547. The molecular weight excluding hydrogens is 250 g/mol. The second kappa shape index (κ2) is 4.35. The van der Waals surface area contributed by atoms with Crippen molar-refractivity contribution in [3.05, 3.63) is 50.7 Å². The molecule has 1 aliphatic heterocycles. The first kappa shape index (κ1) is 11.1. The lowest BCUT2D eigenvalue weighted by Gasteiger charge is -2.08. The van der Waals surface area contributed by atoms with Crippen LogP contribution in [-0.2, 0) is 12.8 Å². The number of fused-ring (bicyclic) bond motifs is 1. The van der Waals surface area contributed by atoms with Crippen molar-refractivity contribution in [1.29, 1.82) is 0 Å². The summed E-state index contributed by atoms with van der Waals surface area (Å²) in [5, 5.41) is 4.39. The summed E-state index contributed by atoms with van der Waals surface area (Å²) in [5.41, 5.74) is 2.56.